The van der Waals surface area contributed by atoms with Gasteiger partial charge in [0.25, 0.3) is 5.91 Å². The summed E-state index contributed by atoms with van der Waals surface area (Å²) in [4.78, 5) is 34.4. The molecule has 3 aromatic rings. The zero-order valence-corrected chi connectivity index (χ0v) is 18.7. The standard InChI is InChI=1S/C24H30N6O2/c1-2-30-24(32)29-14-10-20(16-21(29)26-30)28-13-8-9-18-15-19(17-25-22(18)28)23(31)27-11-6-4-3-5-7-12-27/h10,14-17H,2-9,11-13H2,1H3. The molecule has 0 saturated carbocycles. The van der Waals surface area contributed by atoms with Crippen LogP contribution in [0, 0.1) is 0 Å². The molecule has 5 rings (SSSR count). The lowest BCUT2D eigenvalue weighted by molar-refractivity contribution is 0.0742. The lowest BCUT2D eigenvalue weighted by atomic mass is 10.0. The van der Waals surface area contributed by atoms with E-state index in [4.69, 9.17) is 4.98 Å². The summed E-state index contributed by atoms with van der Waals surface area (Å²) in [5, 5.41) is 4.42. The van der Waals surface area contributed by atoms with Crippen molar-refractivity contribution < 1.29 is 4.79 Å². The SMILES string of the molecule is CCn1nc2cc(N3CCCc4cc(C(=O)N5CCCCCCC5)cnc43)ccn2c1=O. The molecular weight excluding hydrogens is 404 g/mol. The Morgan fingerprint density at radius 2 is 1.81 bits per heavy atom. The van der Waals surface area contributed by atoms with Crippen molar-refractivity contribution in [1.29, 1.82) is 0 Å². The van der Waals surface area contributed by atoms with Crippen molar-refractivity contribution in [3.05, 3.63) is 52.2 Å². The fourth-order valence-corrected chi connectivity index (χ4v) is 4.85. The number of aryl methyl sites for hydroxylation is 2. The number of anilines is 2. The summed E-state index contributed by atoms with van der Waals surface area (Å²) in [6.07, 6.45) is 11.2. The van der Waals surface area contributed by atoms with Crippen molar-refractivity contribution in [2.45, 2.75) is 58.4 Å². The van der Waals surface area contributed by atoms with Gasteiger partial charge in [-0.25, -0.2) is 14.5 Å². The quantitative estimate of drug-likeness (QED) is 0.632. The van der Waals surface area contributed by atoms with E-state index in [1.165, 1.54) is 23.9 Å². The molecule has 1 fully saturated rings. The van der Waals surface area contributed by atoms with E-state index >= 15 is 0 Å². The first-order chi connectivity index (χ1) is 15.7. The first kappa shape index (κ1) is 20.7. The number of aromatic nitrogens is 4. The van der Waals surface area contributed by atoms with Crippen LogP contribution in [0.2, 0.25) is 0 Å². The Morgan fingerprint density at radius 1 is 1.03 bits per heavy atom. The third kappa shape index (κ3) is 3.78. The summed E-state index contributed by atoms with van der Waals surface area (Å²) < 4.78 is 3.03. The fourth-order valence-electron chi connectivity index (χ4n) is 4.85. The van der Waals surface area contributed by atoms with Crippen LogP contribution in [-0.2, 0) is 13.0 Å². The molecule has 5 heterocycles. The molecule has 0 bridgehead atoms. The van der Waals surface area contributed by atoms with E-state index in [9.17, 15) is 9.59 Å². The summed E-state index contributed by atoms with van der Waals surface area (Å²) in [5.74, 6) is 0.993. The normalized spacial score (nSPS) is 17.2. The van der Waals surface area contributed by atoms with Crippen LogP contribution < -0.4 is 10.6 Å². The first-order valence-electron chi connectivity index (χ1n) is 11.8. The average Bonchev–Trinajstić information content (AvgIpc) is 3.12. The molecule has 2 aliphatic heterocycles. The van der Waals surface area contributed by atoms with E-state index in [1.54, 1.807) is 16.8 Å². The zero-order chi connectivity index (χ0) is 22.1. The number of likely N-dealkylation sites (tertiary alicyclic amines) is 1. The van der Waals surface area contributed by atoms with E-state index in [-0.39, 0.29) is 11.6 Å². The van der Waals surface area contributed by atoms with Gasteiger partial charge in [0.1, 0.15) is 5.82 Å². The van der Waals surface area contributed by atoms with E-state index in [1.807, 2.05) is 30.0 Å². The van der Waals surface area contributed by atoms with Crippen molar-refractivity contribution in [3.63, 3.8) is 0 Å². The minimum absolute atomic E-state index is 0.102. The lowest BCUT2D eigenvalue weighted by Crippen LogP contribution is -2.34. The highest BCUT2D eigenvalue weighted by atomic mass is 16.2. The van der Waals surface area contributed by atoms with E-state index < -0.39 is 0 Å². The van der Waals surface area contributed by atoms with Crippen molar-refractivity contribution in [2.24, 2.45) is 0 Å². The van der Waals surface area contributed by atoms with Crippen LogP contribution in [0.4, 0.5) is 11.5 Å². The number of amides is 1. The molecular formula is C24H30N6O2. The molecule has 0 N–H and O–H groups in total. The van der Waals surface area contributed by atoms with Crippen molar-refractivity contribution in [2.75, 3.05) is 24.5 Å². The Morgan fingerprint density at radius 3 is 2.59 bits per heavy atom. The molecule has 0 unspecified atom stereocenters. The number of rotatable bonds is 3. The predicted octanol–water partition coefficient (Wildman–Crippen LogP) is 3.40. The van der Waals surface area contributed by atoms with E-state index in [0.29, 0.717) is 17.8 Å². The number of carbonyl (C=O) groups excluding carboxylic acids is 1. The molecule has 0 spiro atoms. The van der Waals surface area contributed by atoms with Gasteiger partial charge < -0.3 is 9.80 Å². The summed E-state index contributed by atoms with van der Waals surface area (Å²) >= 11 is 0. The molecule has 0 radical (unpaired) electrons. The number of pyridine rings is 2. The maximum atomic E-state index is 13.1. The Kier molecular flexibility index (Phi) is 5.68. The Balaban J connectivity index is 1.43. The van der Waals surface area contributed by atoms with Gasteiger partial charge in [-0.15, -0.1) is 5.10 Å². The summed E-state index contributed by atoms with van der Waals surface area (Å²) in [7, 11) is 0. The largest absolute Gasteiger partial charge is 0.350 e. The monoisotopic (exact) mass is 434 g/mol. The van der Waals surface area contributed by atoms with Crippen LogP contribution >= 0.6 is 0 Å². The minimum atomic E-state index is -0.126. The van der Waals surface area contributed by atoms with Crippen LogP contribution in [0.1, 0.15) is 61.4 Å². The van der Waals surface area contributed by atoms with Gasteiger partial charge >= 0.3 is 5.69 Å². The van der Waals surface area contributed by atoms with Crippen molar-refractivity contribution in [1.82, 2.24) is 24.1 Å². The number of fused-ring (bicyclic) bond motifs is 2. The van der Waals surface area contributed by atoms with E-state index in [0.717, 1.165) is 62.4 Å². The molecule has 1 saturated heterocycles. The molecule has 8 heteroatoms. The third-order valence-corrected chi connectivity index (χ3v) is 6.60. The van der Waals surface area contributed by atoms with Gasteiger partial charge in [0.05, 0.1) is 5.56 Å². The molecule has 32 heavy (non-hydrogen) atoms. The molecule has 8 nitrogen and oxygen atoms in total. The Labute approximate surface area is 187 Å². The smallest absolute Gasteiger partial charge is 0.339 e. The second kappa shape index (κ2) is 8.76. The molecule has 0 aliphatic carbocycles. The highest BCUT2D eigenvalue weighted by molar-refractivity contribution is 5.94. The Bertz CT molecular complexity index is 1190. The van der Waals surface area contributed by atoms with Crippen molar-refractivity contribution in [3.8, 4) is 0 Å². The molecule has 0 aromatic carbocycles. The topological polar surface area (TPSA) is 75.7 Å². The maximum absolute atomic E-state index is 13.1. The third-order valence-electron chi connectivity index (χ3n) is 6.60. The Hall–Kier alpha value is -3.16. The van der Waals surface area contributed by atoms with Gasteiger partial charge in [0.15, 0.2) is 5.65 Å². The minimum Gasteiger partial charge on any atom is -0.339 e. The molecule has 1 amide bonds. The molecule has 168 valence electrons. The number of hydrogen-bond acceptors (Lipinski definition) is 5. The maximum Gasteiger partial charge on any atom is 0.350 e. The van der Waals surface area contributed by atoms with Gasteiger partial charge in [-0.05, 0) is 50.3 Å². The number of carbonyl (C=O) groups is 1. The highest BCUT2D eigenvalue weighted by Gasteiger charge is 2.24. The van der Waals surface area contributed by atoms with Crippen molar-refractivity contribution >= 4 is 23.1 Å². The van der Waals surface area contributed by atoms with Gasteiger partial charge in [-0.1, -0.05) is 19.3 Å². The second-order valence-electron chi connectivity index (χ2n) is 8.73. The van der Waals surface area contributed by atoms with Crippen LogP contribution in [0.3, 0.4) is 0 Å². The second-order valence-corrected chi connectivity index (χ2v) is 8.73. The summed E-state index contributed by atoms with van der Waals surface area (Å²) in [5.41, 5.74) is 3.26. The predicted molar refractivity (Wildman–Crippen MR) is 124 cm³/mol. The molecule has 0 atom stereocenters. The van der Waals surface area contributed by atoms with Gasteiger partial charge in [0.2, 0.25) is 0 Å². The number of nitrogens with zero attached hydrogens (tertiary/aromatic N) is 6. The zero-order valence-electron chi connectivity index (χ0n) is 18.7. The van der Waals surface area contributed by atoms with Crippen LogP contribution in [0.5, 0.6) is 0 Å². The lowest BCUT2D eigenvalue weighted by Gasteiger charge is -2.31. The van der Waals surface area contributed by atoms with E-state index in [2.05, 4.69) is 10.00 Å². The van der Waals surface area contributed by atoms with Crippen LogP contribution in [0.15, 0.2) is 35.4 Å². The van der Waals surface area contributed by atoms with Gasteiger partial charge in [0, 0.05) is 50.3 Å². The average molecular weight is 435 g/mol. The van der Waals surface area contributed by atoms with Gasteiger partial charge in [-0.3, -0.25) is 9.20 Å². The first-order valence-corrected chi connectivity index (χ1v) is 11.8. The molecule has 2 aliphatic rings. The van der Waals surface area contributed by atoms with Crippen LogP contribution in [0.25, 0.3) is 5.65 Å². The highest BCUT2D eigenvalue weighted by Crippen LogP contribution is 2.32. The summed E-state index contributed by atoms with van der Waals surface area (Å²) in [6, 6.07) is 5.90. The summed E-state index contributed by atoms with van der Waals surface area (Å²) in [6.45, 7) is 4.97. The number of hydrogen-bond donors (Lipinski definition) is 0. The molecule has 3 aromatic heterocycles. The van der Waals surface area contributed by atoms with Crippen LogP contribution in [-0.4, -0.2) is 49.6 Å². The van der Waals surface area contributed by atoms with Gasteiger partial charge in [-0.2, -0.15) is 0 Å². The fraction of sp³-hybridized carbons (Fsp3) is 0.500.